The van der Waals surface area contributed by atoms with Crippen LogP contribution in [0.25, 0.3) is 5.65 Å². The van der Waals surface area contributed by atoms with Crippen molar-refractivity contribution in [1.29, 1.82) is 0 Å². The largest absolute Gasteiger partial charge is 0.496 e. The van der Waals surface area contributed by atoms with Gasteiger partial charge in [-0.15, -0.1) is 5.10 Å². The van der Waals surface area contributed by atoms with Crippen LogP contribution in [0.5, 0.6) is 5.75 Å². The van der Waals surface area contributed by atoms with E-state index in [9.17, 15) is 9.59 Å². The minimum Gasteiger partial charge on any atom is -0.496 e. The van der Waals surface area contributed by atoms with Gasteiger partial charge in [0.25, 0.3) is 0 Å². The van der Waals surface area contributed by atoms with Crippen LogP contribution in [0.1, 0.15) is 15.9 Å². The Hall–Kier alpha value is -2.96. The number of methoxy groups -OCH3 is 1. The topological polar surface area (TPSA) is 78.5 Å². The van der Waals surface area contributed by atoms with Crippen LogP contribution in [0, 0.1) is 0 Å². The van der Waals surface area contributed by atoms with E-state index in [0.717, 1.165) is 6.29 Å². The molecule has 0 amide bonds. The lowest BCUT2D eigenvalue weighted by Crippen LogP contribution is -2.21. The first-order chi connectivity index (χ1) is 10.2. The van der Waals surface area contributed by atoms with Gasteiger partial charge in [0, 0.05) is 23.5 Å². The second kappa shape index (κ2) is 5.20. The summed E-state index contributed by atoms with van der Waals surface area (Å²) < 4.78 is 7.97. The van der Waals surface area contributed by atoms with Gasteiger partial charge in [0.15, 0.2) is 5.65 Å². The lowest BCUT2D eigenvalue weighted by atomic mass is 10.1. The summed E-state index contributed by atoms with van der Waals surface area (Å²) in [6.45, 7) is 0.214. The maximum Gasteiger partial charge on any atom is 0.350 e. The average molecular weight is 284 g/mol. The molecule has 0 bridgehead atoms. The van der Waals surface area contributed by atoms with Crippen LogP contribution in [-0.4, -0.2) is 32.6 Å². The highest BCUT2D eigenvalue weighted by Crippen LogP contribution is 2.19. The van der Waals surface area contributed by atoms with Gasteiger partial charge in [-0.3, -0.25) is 9.78 Å². The van der Waals surface area contributed by atoms with Crippen molar-refractivity contribution in [3.8, 4) is 5.75 Å². The highest BCUT2D eigenvalue weighted by molar-refractivity contribution is 5.75. The fraction of sp³-hybridized carbons (Fsp3) is 0.143. The van der Waals surface area contributed by atoms with Crippen molar-refractivity contribution in [3.63, 3.8) is 0 Å². The molecule has 0 N–H and O–H groups in total. The van der Waals surface area contributed by atoms with E-state index >= 15 is 0 Å². The number of hydrogen-bond acceptors (Lipinski definition) is 5. The van der Waals surface area contributed by atoms with Gasteiger partial charge >= 0.3 is 5.69 Å². The fourth-order valence-electron chi connectivity index (χ4n) is 2.14. The average Bonchev–Trinajstić information content (AvgIpc) is 2.84. The molecule has 1 aromatic carbocycles. The minimum absolute atomic E-state index is 0.214. The highest BCUT2D eigenvalue weighted by Gasteiger charge is 2.10. The van der Waals surface area contributed by atoms with E-state index in [0.29, 0.717) is 22.5 Å². The molecule has 106 valence electrons. The van der Waals surface area contributed by atoms with E-state index in [2.05, 4.69) is 10.1 Å². The van der Waals surface area contributed by atoms with E-state index in [1.54, 1.807) is 24.4 Å². The number of rotatable bonds is 4. The van der Waals surface area contributed by atoms with Crippen molar-refractivity contribution in [1.82, 2.24) is 19.2 Å². The third-order valence-electron chi connectivity index (χ3n) is 3.15. The second-order valence-electron chi connectivity index (χ2n) is 4.43. The molecule has 2 heterocycles. The molecule has 0 radical (unpaired) electrons. The van der Waals surface area contributed by atoms with E-state index in [1.807, 2.05) is 0 Å². The van der Waals surface area contributed by atoms with Crippen LogP contribution in [0.2, 0.25) is 0 Å². The standard InChI is InChI=1S/C14H12N4O3/c1-21-12-3-2-10(9-19)6-11(12)8-18-14(20)17-5-4-15-7-13(17)16-18/h2-7,9H,8H2,1H3. The molecule has 7 nitrogen and oxygen atoms in total. The van der Waals surface area contributed by atoms with Crippen molar-refractivity contribution < 1.29 is 9.53 Å². The summed E-state index contributed by atoms with van der Waals surface area (Å²) >= 11 is 0. The summed E-state index contributed by atoms with van der Waals surface area (Å²) in [4.78, 5) is 27.0. The third-order valence-corrected chi connectivity index (χ3v) is 3.15. The zero-order valence-corrected chi connectivity index (χ0v) is 11.3. The van der Waals surface area contributed by atoms with E-state index < -0.39 is 0 Å². The summed E-state index contributed by atoms with van der Waals surface area (Å²) in [5, 5.41) is 4.20. The quantitative estimate of drug-likeness (QED) is 0.661. The molecule has 0 saturated heterocycles. The Morgan fingerprint density at radius 2 is 2.24 bits per heavy atom. The number of fused-ring (bicyclic) bond motifs is 1. The Morgan fingerprint density at radius 3 is 2.95 bits per heavy atom. The van der Waals surface area contributed by atoms with Crippen LogP contribution < -0.4 is 10.4 Å². The monoisotopic (exact) mass is 284 g/mol. The molecule has 0 saturated carbocycles. The molecule has 0 unspecified atom stereocenters. The first-order valence-electron chi connectivity index (χ1n) is 6.24. The number of carbonyl (C=O) groups is 1. The second-order valence-corrected chi connectivity index (χ2v) is 4.43. The summed E-state index contributed by atoms with van der Waals surface area (Å²) in [6.07, 6.45) is 5.34. The summed E-state index contributed by atoms with van der Waals surface area (Å²) in [7, 11) is 1.54. The molecule has 0 aliphatic carbocycles. The molecule has 0 aliphatic rings. The van der Waals surface area contributed by atoms with Crippen LogP contribution in [0.4, 0.5) is 0 Å². The Morgan fingerprint density at radius 1 is 1.38 bits per heavy atom. The zero-order chi connectivity index (χ0) is 14.8. The molecule has 0 spiro atoms. The van der Waals surface area contributed by atoms with Crippen molar-refractivity contribution in [2.45, 2.75) is 6.54 Å². The smallest absolute Gasteiger partial charge is 0.350 e. The van der Waals surface area contributed by atoms with Gasteiger partial charge in [-0.05, 0) is 18.2 Å². The van der Waals surface area contributed by atoms with E-state index in [4.69, 9.17) is 4.74 Å². The van der Waals surface area contributed by atoms with Gasteiger partial charge < -0.3 is 4.74 Å². The van der Waals surface area contributed by atoms with Gasteiger partial charge in [-0.25, -0.2) is 13.9 Å². The predicted octanol–water partition coefficient (Wildman–Crippen LogP) is 0.760. The summed E-state index contributed by atoms with van der Waals surface area (Å²) in [5.41, 5.74) is 1.42. The lowest BCUT2D eigenvalue weighted by Gasteiger charge is -2.08. The molecule has 0 fully saturated rings. The summed E-state index contributed by atoms with van der Waals surface area (Å²) in [5.74, 6) is 0.600. The molecule has 7 heteroatoms. The first kappa shape index (κ1) is 13.0. The van der Waals surface area contributed by atoms with Gasteiger partial charge in [0.1, 0.15) is 12.0 Å². The van der Waals surface area contributed by atoms with Crippen LogP contribution in [0.3, 0.4) is 0 Å². The molecule has 2 aromatic heterocycles. The van der Waals surface area contributed by atoms with E-state index in [1.165, 1.54) is 28.6 Å². The number of benzene rings is 1. The predicted molar refractivity (Wildman–Crippen MR) is 74.7 cm³/mol. The third kappa shape index (κ3) is 2.29. The van der Waals surface area contributed by atoms with Crippen LogP contribution >= 0.6 is 0 Å². The lowest BCUT2D eigenvalue weighted by molar-refractivity contribution is 0.112. The fourth-order valence-corrected chi connectivity index (χ4v) is 2.14. The van der Waals surface area contributed by atoms with Crippen molar-refractivity contribution >= 4 is 11.9 Å². The molecule has 3 aromatic rings. The maximum atomic E-state index is 12.2. The zero-order valence-electron chi connectivity index (χ0n) is 11.3. The number of carbonyl (C=O) groups excluding carboxylic acids is 1. The summed E-state index contributed by atoms with van der Waals surface area (Å²) in [6, 6.07) is 5.04. The van der Waals surface area contributed by atoms with Crippen molar-refractivity contribution in [2.75, 3.05) is 7.11 Å². The molecular formula is C14H12N4O3. The number of aromatic nitrogens is 4. The van der Waals surface area contributed by atoms with E-state index in [-0.39, 0.29) is 12.2 Å². The Balaban J connectivity index is 2.08. The van der Waals surface area contributed by atoms with Gasteiger partial charge in [-0.2, -0.15) is 0 Å². The van der Waals surface area contributed by atoms with Crippen LogP contribution in [-0.2, 0) is 6.54 Å². The molecular weight excluding hydrogens is 272 g/mol. The number of nitrogens with zero attached hydrogens (tertiary/aromatic N) is 4. The van der Waals surface area contributed by atoms with Crippen LogP contribution in [0.15, 0.2) is 41.6 Å². The minimum atomic E-state index is -0.272. The van der Waals surface area contributed by atoms with Gasteiger partial charge in [0.2, 0.25) is 0 Å². The van der Waals surface area contributed by atoms with Gasteiger partial charge in [-0.1, -0.05) is 0 Å². The highest BCUT2D eigenvalue weighted by atomic mass is 16.5. The Kier molecular flexibility index (Phi) is 3.23. The van der Waals surface area contributed by atoms with Crippen molar-refractivity contribution in [2.24, 2.45) is 0 Å². The van der Waals surface area contributed by atoms with Crippen molar-refractivity contribution in [3.05, 3.63) is 58.4 Å². The normalized spacial score (nSPS) is 10.7. The number of aldehydes is 1. The Labute approximate surface area is 119 Å². The molecule has 0 atom stereocenters. The van der Waals surface area contributed by atoms with Gasteiger partial charge in [0.05, 0.1) is 19.9 Å². The molecule has 21 heavy (non-hydrogen) atoms. The maximum absolute atomic E-state index is 12.2. The number of ether oxygens (including phenoxy) is 1. The first-order valence-corrected chi connectivity index (χ1v) is 6.24. The molecule has 3 rings (SSSR count). The number of hydrogen-bond donors (Lipinski definition) is 0. The Bertz CT molecular complexity index is 866. The molecule has 0 aliphatic heterocycles. The SMILES string of the molecule is COc1ccc(C=O)cc1Cn1nc2cnccn2c1=O.